The van der Waals surface area contributed by atoms with Gasteiger partial charge in [-0.3, -0.25) is 0 Å². The molecule has 102 valence electrons. The van der Waals surface area contributed by atoms with Gasteiger partial charge in [0.2, 0.25) is 5.03 Å². The minimum atomic E-state index is -3.56. The number of hydrogen-bond acceptors (Lipinski definition) is 4. The topological polar surface area (TPSA) is 68.1 Å². The highest BCUT2D eigenvalue weighted by atomic mass is 79.9. The Morgan fingerprint density at radius 2 is 2.28 bits per heavy atom. The number of sulfonamides is 1. The number of aromatic nitrogens is 3. The Balaban J connectivity index is 2.31. The van der Waals surface area contributed by atoms with E-state index in [-0.39, 0.29) is 15.5 Å². The number of alkyl halides is 1. The summed E-state index contributed by atoms with van der Waals surface area (Å²) in [6, 6.07) is 0. The summed E-state index contributed by atoms with van der Waals surface area (Å²) in [4.78, 5) is 0. The molecule has 1 fully saturated rings. The van der Waals surface area contributed by atoms with Crippen LogP contribution in [0.25, 0.3) is 0 Å². The van der Waals surface area contributed by atoms with E-state index >= 15 is 0 Å². The van der Waals surface area contributed by atoms with Crippen molar-refractivity contribution in [1.29, 1.82) is 0 Å². The molecule has 1 aromatic rings. The smallest absolute Gasteiger partial charge is 0.235 e. The van der Waals surface area contributed by atoms with Gasteiger partial charge in [0.25, 0.3) is 10.0 Å². The van der Waals surface area contributed by atoms with Gasteiger partial charge in [0.05, 0.1) is 0 Å². The zero-order valence-corrected chi connectivity index (χ0v) is 13.0. The summed E-state index contributed by atoms with van der Waals surface area (Å²) in [5, 5.41) is 7.51. The molecule has 1 saturated heterocycles. The molecule has 0 saturated carbocycles. The molecular formula is C9H14BrClN4O2S. The van der Waals surface area contributed by atoms with Crippen LogP contribution in [0.2, 0.25) is 0 Å². The Bertz CT molecular complexity index is 513. The van der Waals surface area contributed by atoms with Gasteiger partial charge in [0.15, 0.2) is 4.60 Å². The number of halogens is 2. The van der Waals surface area contributed by atoms with Gasteiger partial charge < -0.3 is 0 Å². The Morgan fingerprint density at radius 3 is 2.83 bits per heavy atom. The van der Waals surface area contributed by atoms with Crippen LogP contribution in [-0.4, -0.2) is 46.7 Å². The van der Waals surface area contributed by atoms with Crippen molar-refractivity contribution in [3.05, 3.63) is 4.60 Å². The maximum absolute atomic E-state index is 12.5. The van der Waals surface area contributed by atoms with Crippen molar-refractivity contribution in [3.63, 3.8) is 0 Å². The Kier molecular flexibility index (Phi) is 4.30. The molecule has 6 nitrogen and oxygen atoms in total. The van der Waals surface area contributed by atoms with Crippen LogP contribution in [0.3, 0.4) is 0 Å². The van der Waals surface area contributed by atoms with E-state index in [0.717, 1.165) is 12.8 Å². The third-order valence-electron chi connectivity index (χ3n) is 3.02. The predicted octanol–water partition coefficient (Wildman–Crippen LogP) is 1.22. The fraction of sp³-hybridized carbons (Fsp3) is 0.778. The molecule has 9 heteroatoms. The SMILES string of the molecule is Cn1nnc(Br)c1S(=O)(=O)N1CCCC(CCl)C1. The molecule has 0 aliphatic carbocycles. The average Bonchev–Trinajstić information content (AvgIpc) is 2.69. The van der Waals surface area contributed by atoms with E-state index in [1.807, 2.05) is 0 Å². The molecule has 1 aliphatic heterocycles. The van der Waals surface area contributed by atoms with Crippen molar-refractivity contribution in [2.75, 3.05) is 19.0 Å². The number of piperidine rings is 1. The quantitative estimate of drug-likeness (QED) is 0.763. The molecule has 2 heterocycles. The standard InChI is InChI=1S/C9H14BrClN4O2S/c1-14-9(8(10)12-13-14)18(16,17)15-4-2-3-7(5-11)6-15/h7H,2-6H2,1H3. The Morgan fingerprint density at radius 1 is 1.56 bits per heavy atom. The third-order valence-corrected chi connectivity index (χ3v) is 6.21. The van der Waals surface area contributed by atoms with E-state index in [2.05, 4.69) is 26.2 Å². The van der Waals surface area contributed by atoms with Gasteiger partial charge >= 0.3 is 0 Å². The summed E-state index contributed by atoms with van der Waals surface area (Å²) in [6.45, 7) is 0.983. The second-order valence-electron chi connectivity index (χ2n) is 4.33. The molecule has 1 aromatic heterocycles. The summed E-state index contributed by atoms with van der Waals surface area (Å²) in [6.07, 6.45) is 1.81. The van der Waals surface area contributed by atoms with E-state index in [9.17, 15) is 8.42 Å². The summed E-state index contributed by atoms with van der Waals surface area (Å²) in [7, 11) is -1.99. The van der Waals surface area contributed by atoms with Crippen molar-refractivity contribution in [2.45, 2.75) is 17.9 Å². The number of nitrogens with zero attached hydrogens (tertiary/aromatic N) is 4. The van der Waals surface area contributed by atoms with Crippen molar-refractivity contribution in [2.24, 2.45) is 13.0 Å². The fourth-order valence-corrected chi connectivity index (χ4v) is 4.93. The fourth-order valence-electron chi connectivity index (χ4n) is 2.09. The molecule has 0 bridgehead atoms. The van der Waals surface area contributed by atoms with Crippen LogP contribution in [0.5, 0.6) is 0 Å². The summed E-state index contributed by atoms with van der Waals surface area (Å²) >= 11 is 8.95. The van der Waals surface area contributed by atoms with Crippen molar-refractivity contribution in [1.82, 2.24) is 19.3 Å². The minimum Gasteiger partial charge on any atom is -0.235 e. The molecule has 1 atom stereocenters. The first-order valence-electron chi connectivity index (χ1n) is 5.58. The van der Waals surface area contributed by atoms with Crippen molar-refractivity contribution in [3.8, 4) is 0 Å². The molecule has 18 heavy (non-hydrogen) atoms. The third kappa shape index (κ3) is 2.56. The maximum Gasteiger partial charge on any atom is 0.263 e. The molecule has 1 unspecified atom stereocenters. The molecule has 0 N–H and O–H groups in total. The van der Waals surface area contributed by atoms with E-state index in [1.165, 1.54) is 8.99 Å². The predicted molar refractivity (Wildman–Crippen MR) is 70.9 cm³/mol. The molecule has 0 aromatic carbocycles. The average molecular weight is 358 g/mol. The zero-order valence-electron chi connectivity index (χ0n) is 9.88. The van der Waals surface area contributed by atoms with Crippen LogP contribution < -0.4 is 0 Å². The van der Waals surface area contributed by atoms with Crippen LogP contribution in [0, 0.1) is 5.92 Å². The summed E-state index contributed by atoms with van der Waals surface area (Å²) in [5.41, 5.74) is 0. The second kappa shape index (κ2) is 5.44. The Hall–Kier alpha value is -0.180. The molecule has 2 rings (SSSR count). The first-order valence-corrected chi connectivity index (χ1v) is 8.35. The first-order chi connectivity index (χ1) is 8.46. The van der Waals surface area contributed by atoms with E-state index < -0.39 is 10.0 Å². The minimum absolute atomic E-state index is 0.0951. The van der Waals surface area contributed by atoms with E-state index in [4.69, 9.17) is 11.6 Å². The number of aryl methyl sites for hydroxylation is 1. The number of rotatable bonds is 3. The largest absolute Gasteiger partial charge is 0.263 e. The molecule has 1 aliphatic rings. The summed E-state index contributed by atoms with van der Waals surface area (Å²) in [5.74, 6) is 0.701. The van der Waals surface area contributed by atoms with E-state index in [0.29, 0.717) is 19.0 Å². The van der Waals surface area contributed by atoms with Gasteiger partial charge in [-0.05, 0) is 34.7 Å². The molecular weight excluding hydrogens is 344 g/mol. The first kappa shape index (κ1) is 14.2. The van der Waals surface area contributed by atoms with Gasteiger partial charge in [0, 0.05) is 26.0 Å². The van der Waals surface area contributed by atoms with Crippen LogP contribution in [-0.2, 0) is 17.1 Å². The normalized spacial score (nSPS) is 22.3. The van der Waals surface area contributed by atoms with Crippen LogP contribution in [0.4, 0.5) is 0 Å². The number of hydrogen-bond donors (Lipinski definition) is 0. The van der Waals surface area contributed by atoms with Gasteiger partial charge in [-0.25, -0.2) is 13.1 Å². The lowest BCUT2D eigenvalue weighted by atomic mass is 10.0. The monoisotopic (exact) mass is 356 g/mol. The van der Waals surface area contributed by atoms with Crippen LogP contribution >= 0.6 is 27.5 Å². The molecule has 0 radical (unpaired) electrons. The Labute approximate surface area is 119 Å². The van der Waals surface area contributed by atoms with Crippen molar-refractivity contribution >= 4 is 37.6 Å². The van der Waals surface area contributed by atoms with Crippen molar-refractivity contribution < 1.29 is 8.42 Å². The van der Waals surface area contributed by atoms with Crippen LogP contribution in [0.1, 0.15) is 12.8 Å². The second-order valence-corrected chi connectivity index (χ2v) is 7.25. The zero-order chi connectivity index (χ0) is 13.3. The highest BCUT2D eigenvalue weighted by molar-refractivity contribution is 9.10. The van der Waals surface area contributed by atoms with Gasteiger partial charge in [0.1, 0.15) is 0 Å². The highest BCUT2D eigenvalue weighted by Gasteiger charge is 2.34. The lowest BCUT2D eigenvalue weighted by Crippen LogP contribution is -2.41. The lowest BCUT2D eigenvalue weighted by Gasteiger charge is -2.30. The molecule has 0 amide bonds. The highest BCUT2D eigenvalue weighted by Crippen LogP contribution is 2.27. The molecule has 0 spiro atoms. The van der Waals surface area contributed by atoms with Crippen LogP contribution in [0.15, 0.2) is 9.63 Å². The van der Waals surface area contributed by atoms with Gasteiger partial charge in [-0.1, -0.05) is 5.21 Å². The van der Waals surface area contributed by atoms with Gasteiger partial charge in [-0.15, -0.1) is 16.7 Å². The van der Waals surface area contributed by atoms with Gasteiger partial charge in [-0.2, -0.15) is 4.31 Å². The maximum atomic E-state index is 12.5. The van der Waals surface area contributed by atoms with E-state index in [1.54, 1.807) is 7.05 Å². The summed E-state index contributed by atoms with van der Waals surface area (Å²) < 4.78 is 28.0. The lowest BCUT2D eigenvalue weighted by molar-refractivity contribution is 0.282.